The molecule has 0 saturated carbocycles. The molecule has 0 spiro atoms. The van der Waals surface area contributed by atoms with E-state index in [4.69, 9.17) is 11.6 Å². The van der Waals surface area contributed by atoms with E-state index in [1.807, 2.05) is 50.8 Å². The van der Waals surface area contributed by atoms with Gasteiger partial charge in [-0.1, -0.05) is 56.3 Å². The van der Waals surface area contributed by atoms with E-state index in [-0.39, 0.29) is 45.2 Å². The predicted molar refractivity (Wildman–Crippen MR) is 162 cm³/mol. The number of carbonyl (C=O) groups excluding carboxylic acids is 1. The van der Waals surface area contributed by atoms with E-state index in [1.165, 1.54) is 28.8 Å². The molecule has 10 heteroatoms. The average molecular weight is 593 g/mol. The minimum atomic E-state index is -0.968. The molecule has 1 saturated heterocycles. The van der Waals surface area contributed by atoms with Crippen LogP contribution in [0.3, 0.4) is 0 Å². The van der Waals surface area contributed by atoms with Crippen LogP contribution in [0.25, 0.3) is 27.7 Å². The van der Waals surface area contributed by atoms with Crippen molar-refractivity contribution in [2.45, 2.75) is 39.7 Å². The maximum Gasteiger partial charge on any atom is 0.354 e. The number of benzene rings is 3. The number of hydrogen-bond donors (Lipinski definition) is 1. The number of rotatable bonds is 5. The summed E-state index contributed by atoms with van der Waals surface area (Å²) in [7, 11) is 0. The van der Waals surface area contributed by atoms with Crippen LogP contribution in [0.15, 0.2) is 59.9 Å². The highest BCUT2D eigenvalue weighted by molar-refractivity contribution is 6.34. The standard InChI is InChI=1S/C32H31ClF2N4O3/c1-6-25(41)37-13-14-38(19(5)16-37)31-21-15-22(33)26(27-23(34)11-8-12-24(27)40)28(35)30(21)39(32(42)36-31)29-18(4)9-7-10-20(29)17(2)3/h6-12,15,17,19,40H,1,13-14,16H2,2-5H3/t19-/m0/s1. The topological polar surface area (TPSA) is 78.7 Å². The highest BCUT2D eigenvalue weighted by atomic mass is 35.5. The highest BCUT2D eigenvalue weighted by Crippen LogP contribution is 2.43. The summed E-state index contributed by atoms with van der Waals surface area (Å²) in [6, 6.07) is 10.4. The number of aryl methyl sites for hydroxylation is 1. The number of piperazine rings is 1. The summed E-state index contributed by atoms with van der Waals surface area (Å²) in [5.74, 6) is -2.36. The van der Waals surface area contributed by atoms with Gasteiger partial charge in [-0.2, -0.15) is 4.98 Å². The molecule has 218 valence electrons. The summed E-state index contributed by atoms with van der Waals surface area (Å²) in [5.41, 5.74) is 0.352. The summed E-state index contributed by atoms with van der Waals surface area (Å²) in [5, 5.41) is 10.6. The zero-order valence-electron chi connectivity index (χ0n) is 23.8. The lowest BCUT2D eigenvalue weighted by Crippen LogP contribution is -2.54. The van der Waals surface area contributed by atoms with Gasteiger partial charge in [-0.3, -0.25) is 9.36 Å². The number of phenols is 1. The van der Waals surface area contributed by atoms with Crippen molar-refractivity contribution in [2.75, 3.05) is 24.5 Å². The maximum atomic E-state index is 17.0. The van der Waals surface area contributed by atoms with Crippen LogP contribution in [0.4, 0.5) is 14.6 Å². The smallest absolute Gasteiger partial charge is 0.354 e. The number of para-hydroxylation sites is 1. The lowest BCUT2D eigenvalue weighted by Gasteiger charge is -2.40. The van der Waals surface area contributed by atoms with Gasteiger partial charge in [0, 0.05) is 36.6 Å². The van der Waals surface area contributed by atoms with Gasteiger partial charge in [-0.05, 0) is 55.2 Å². The van der Waals surface area contributed by atoms with Crippen LogP contribution in [0.5, 0.6) is 5.75 Å². The van der Waals surface area contributed by atoms with Crippen molar-refractivity contribution >= 4 is 34.2 Å². The lowest BCUT2D eigenvalue weighted by molar-refractivity contribution is -0.126. The number of halogens is 3. The fourth-order valence-electron chi connectivity index (χ4n) is 5.76. The largest absolute Gasteiger partial charge is 0.507 e. The van der Waals surface area contributed by atoms with Gasteiger partial charge in [0.25, 0.3) is 0 Å². The fourth-order valence-corrected chi connectivity index (χ4v) is 6.05. The van der Waals surface area contributed by atoms with Gasteiger partial charge in [0.05, 0.1) is 21.8 Å². The molecule has 0 aliphatic carbocycles. The van der Waals surface area contributed by atoms with Crippen molar-refractivity contribution in [3.63, 3.8) is 0 Å². The Kier molecular flexibility index (Phi) is 7.81. The van der Waals surface area contributed by atoms with Crippen LogP contribution in [0.1, 0.15) is 37.8 Å². The first-order chi connectivity index (χ1) is 20.0. The average Bonchev–Trinajstić information content (AvgIpc) is 2.94. The second-order valence-electron chi connectivity index (χ2n) is 10.8. The van der Waals surface area contributed by atoms with Crippen LogP contribution in [-0.2, 0) is 4.79 Å². The van der Waals surface area contributed by atoms with Crippen LogP contribution in [-0.4, -0.2) is 51.1 Å². The van der Waals surface area contributed by atoms with Crippen molar-refractivity contribution in [1.29, 1.82) is 0 Å². The van der Waals surface area contributed by atoms with Gasteiger partial charge < -0.3 is 14.9 Å². The Labute approximate surface area is 247 Å². The van der Waals surface area contributed by atoms with Crippen LogP contribution in [0.2, 0.25) is 5.02 Å². The number of aromatic nitrogens is 2. The summed E-state index contributed by atoms with van der Waals surface area (Å²) in [4.78, 5) is 34.2. The third-order valence-electron chi connectivity index (χ3n) is 7.79. The Morgan fingerprint density at radius 2 is 1.88 bits per heavy atom. The lowest BCUT2D eigenvalue weighted by atomic mass is 9.96. The number of hydrogen-bond acceptors (Lipinski definition) is 5. The van der Waals surface area contributed by atoms with E-state index in [9.17, 15) is 14.7 Å². The minimum Gasteiger partial charge on any atom is -0.507 e. The molecule has 2 heterocycles. The van der Waals surface area contributed by atoms with Gasteiger partial charge in [-0.25, -0.2) is 13.6 Å². The zero-order valence-corrected chi connectivity index (χ0v) is 24.5. The Morgan fingerprint density at radius 3 is 2.52 bits per heavy atom. The molecule has 1 aliphatic rings. The van der Waals surface area contributed by atoms with Crippen LogP contribution < -0.4 is 10.6 Å². The van der Waals surface area contributed by atoms with Crippen LogP contribution in [0, 0.1) is 18.6 Å². The summed E-state index contributed by atoms with van der Waals surface area (Å²) >= 11 is 6.65. The molecule has 1 aromatic heterocycles. The zero-order chi connectivity index (χ0) is 30.5. The number of phenolic OH excluding ortho intramolecular Hbond substituents is 1. The first kappa shape index (κ1) is 29.3. The first-order valence-corrected chi connectivity index (χ1v) is 14.0. The third kappa shape index (κ3) is 4.81. The molecule has 3 aromatic carbocycles. The van der Waals surface area contributed by atoms with E-state index in [1.54, 1.807) is 4.90 Å². The molecule has 4 aromatic rings. The molecule has 1 fully saturated rings. The normalized spacial score (nSPS) is 15.5. The minimum absolute atomic E-state index is 0.0255. The van der Waals surface area contributed by atoms with E-state index in [2.05, 4.69) is 11.6 Å². The van der Waals surface area contributed by atoms with E-state index in [0.29, 0.717) is 30.9 Å². The summed E-state index contributed by atoms with van der Waals surface area (Å²) in [6.07, 6.45) is 1.25. The first-order valence-electron chi connectivity index (χ1n) is 13.7. The molecule has 5 rings (SSSR count). The summed E-state index contributed by atoms with van der Waals surface area (Å²) in [6.45, 7) is 12.2. The molecule has 1 N–H and O–H groups in total. The molecule has 0 radical (unpaired) electrons. The van der Waals surface area contributed by atoms with Crippen molar-refractivity contribution in [3.8, 4) is 22.6 Å². The molecule has 0 bridgehead atoms. The molecular weight excluding hydrogens is 562 g/mol. The number of nitrogens with zero attached hydrogens (tertiary/aromatic N) is 4. The molecule has 1 aliphatic heterocycles. The molecule has 0 unspecified atom stereocenters. The molecule has 1 atom stereocenters. The van der Waals surface area contributed by atoms with E-state index in [0.717, 1.165) is 11.6 Å². The predicted octanol–water partition coefficient (Wildman–Crippen LogP) is 6.34. The quantitative estimate of drug-likeness (QED) is 0.273. The fraction of sp³-hybridized carbons (Fsp3) is 0.281. The van der Waals surface area contributed by atoms with Gasteiger partial charge in [0.1, 0.15) is 17.4 Å². The van der Waals surface area contributed by atoms with Crippen molar-refractivity contribution in [3.05, 3.63) is 93.4 Å². The number of anilines is 1. The Bertz CT molecular complexity index is 1780. The van der Waals surface area contributed by atoms with Gasteiger partial charge in [-0.15, -0.1) is 0 Å². The maximum absolute atomic E-state index is 17.0. The Balaban J connectivity index is 1.88. The number of aromatic hydroxyl groups is 1. The number of fused-ring (bicyclic) bond motifs is 1. The SMILES string of the molecule is C=CC(=O)N1CCN(c2nc(=O)n(-c3c(C)cccc3C(C)C)c3c(F)c(-c4c(O)cccc4F)c(Cl)cc23)[C@@H](C)C1. The van der Waals surface area contributed by atoms with Crippen molar-refractivity contribution < 1.29 is 18.7 Å². The van der Waals surface area contributed by atoms with Gasteiger partial charge in [0.2, 0.25) is 5.91 Å². The molecule has 1 amide bonds. The highest BCUT2D eigenvalue weighted by Gasteiger charge is 2.32. The van der Waals surface area contributed by atoms with Gasteiger partial charge >= 0.3 is 5.69 Å². The van der Waals surface area contributed by atoms with E-state index >= 15 is 8.78 Å². The van der Waals surface area contributed by atoms with Crippen molar-refractivity contribution in [2.24, 2.45) is 0 Å². The van der Waals surface area contributed by atoms with Crippen molar-refractivity contribution in [1.82, 2.24) is 14.5 Å². The Hall–Kier alpha value is -4.24. The third-order valence-corrected chi connectivity index (χ3v) is 8.09. The van der Waals surface area contributed by atoms with Gasteiger partial charge in [0.15, 0.2) is 5.82 Å². The van der Waals surface area contributed by atoms with Crippen LogP contribution >= 0.6 is 11.6 Å². The summed E-state index contributed by atoms with van der Waals surface area (Å²) < 4.78 is 33.3. The number of carbonyl (C=O) groups is 1. The second-order valence-corrected chi connectivity index (χ2v) is 11.2. The van der Waals surface area contributed by atoms with E-state index < -0.39 is 28.6 Å². The molecule has 7 nitrogen and oxygen atoms in total. The Morgan fingerprint density at radius 1 is 1.17 bits per heavy atom. The molecular formula is C32H31ClF2N4O3. The second kappa shape index (κ2) is 11.2. The number of amides is 1. The monoisotopic (exact) mass is 592 g/mol. The molecule has 42 heavy (non-hydrogen) atoms.